The first-order chi connectivity index (χ1) is 15.1. The molecule has 0 aliphatic carbocycles. The van der Waals surface area contributed by atoms with Crippen LogP contribution in [0.3, 0.4) is 0 Å². The summed E-state index contributed by atoms with van der Waals surface area (Å²) >= 11 is 4.83. The van der Waals surface area contributed by atoms with Gasteiger partial charge in [-0.05, 0) is 35.4 Å². The first kappa shape index (κ1) is 21.0. The van der Waals surface area contributed by atoms with Crippen LogP contribution in [0.1, 0.15) is 5.56 Å². The quantitative estimate of drug-likeness (QED) is 0.299. The molecule has 3 aromatic carbocycles. The number of methoxy groups -OCH3 is 1. The maximum atomic E-state index is 12.3. The number of carbonyl (C=O) groups is 1. The molecule has 1 N–H and O–H groups in total. The number of hydrogen-bond donors (Lipinski definition) is 1. The van der Waals surface area contributed by atoms with Gasteiger partial charge in [0, 0.05) is 27.1 Å². The molecule has 0 bridgehead atoms. The SMILES string of the molecule is COc1ccc(Br)cc1/C=C/C(=O)Nc1nc(-c2ccc(-c3ccccc3)cc2)cs1. The lowest BCUT2D eigenvalue weighted by Crippen LogP contribution is -2.07. The zero-order valence-corrected chi connectivity index (χ0v) is 19.1. The van der Waals surface area contributed by atoms with Crippen molar-refractivity contribution in [2.75, 3.05) is 12.4 Å². The first-order valence-corrected chi connectivity index (χ1v) is 11.2. The molecule has 0 fully saturated rings. The highest BCUT2D eigenvalue weighted by Gasteiger charge is 2.08. The Morgan fingerprint density at radius 2 is 1.71 bits per heavy atom. The molecule has 1 aromatic heterocycles. The summed E-state index contributed by atoms with van der Waals surface area (Å²) in [5.41, 5.74) is 4.98. The second kappa shape index (κ2) is 9.73. The van der Waals surface area contributed by atoms with Crippen LogP contribution in [0.15, 0.2) is 88.7 Å². The number of nitrogens with one attached hydrogen (secondary N) is 1. The van der Waals surface area contributed by atoms with Crippen molar-refractivity contribution in [2.24, 2.45) is 0 Å². The van der Waals surface area contributed by atoms with Crippen molar-refractivity contribution in [1.82, 2.24) is 4.98 Å². The molecule has 0 unspecified atom stereocenters. The van der Waals surface area contributed by atoms with Gasteiger partial charge in [-0.25, -0.2) is 4.98 Å². The van der Waals surface area contributed by atoms with Crippen molar-refractivity contribution in [3.8, 4) is 28.1 Å². The summed E-state index contributed by atoms with van der Waals surface area (Å²) in [6.07, 6.45) is 3.19. The van der Waals surface area contributed by atoms with Crippen LogP contribution < -0.4 is 10.1 Å². The minimum atomic E-state index is -0.248. The third kappa shape index (κ3) is 5.29. The Morgan fingerprint density at radius 1 is 1.00 bits per heavy atom. The van der Waals surface area contributed by atoms with E-state index in [1.54, 1.807) is 13.2 Å². The Labute approximate surface area is 193 Å². The van der Waals surface area contributed by atoms with Crippen molar-refractivity contribution in [2.45, 2.75) is 0 Å². The largest absolute Gasteiger partial charge is 0.496 e. The van der Waals surface area contributed by atoms with E-state index in [1.807, 2.05) is 53.9 Å². The van der Waals surface area contributed by atoms with Crippen molar-refractivity contribution in [3.05, 3.63) is 94.3 Å². The molecule has 0 atom stereocenters. The summed E-state index contributed by atoms with van der Waals surface area (Å²) in [6, 6.07) is 24.1. The summed E-state index contributed by atoms with van der Waals surface area (Å²) in [4.78, 5) is 16.9. The molecule has 0 saturated carbocycles. The predicted molar refractivity (Wildman–Crippen MR) is 131 cm³/mol. The van der Waals surface area contributed by atoms with Gasteiger partial charge in [-0.3, -0.25) is 10.1 Å². The Kier molecular flexibility index (Phi) is 6.60. The molecule has 0 aliphatic heterocycles. The second-order valence-corrected chi connectivity index (χ2v) is 8.46. The van der Waals surface area contributed by atoms with Gasteiger partial charge in [-0.2, -0.15) is 0 Å². The highest BCUT2D eigenvalue weighted by molar-refractivity contribution is 9.10. The maximum Gasteiger partial charge on any atom is 0.250 e. The topological polar surface area (TPSA) is 51.2 Å². The molecule has 31 heavy (non-hydrogen) atoms. The number of rotatable bonds is 6. The van der Waals surface area contributed by atoms with Gasteiger partial charge in [0.15, 0.2) is 5.13 Å². The smallest absolute Gasteiger partial charge is 0.250 e. The number of anilines is 1. The number of nitrogens with zero attached hydrogens (tertiary/aromatic N) is 1. The van der Waals surface area contributed by atoms with Crippen molar-refractivity contribution >= 4 is 44.4 Å². The van der Waals surface area contributed by atoms with Gasteiger partial charge >= 0.3 is 0 Å². The molecule has 1 amide bonds. The van der Waals surface area contributed by atoms with Gasteiger partial charge in [-0.15, -0.1) is 11.3 Å². The van der Waals surface area contributed by atoms with Crippen LogP contribution in [0.5, 0.6) is 5.75 Å². The van der Waals surface area contributed by atoms with Gasteiger partial charge in [0.25, 0.3) is 0 Å². The lowest BCUT2D eigenvalue weighted by atomic mass is 10.0. The summed E-state index contributed by atoms with van der Waals surface area (Å²) in [6.45, 7) is 0. The van der Waals surface area contributed by atoms with Crippen LogP contribution in [0.25, 0.3) is 28.5 Å². The van der Waals surface area contributed by atoms with Crippen LogP contribution >= 0.6 is 27.3 Å². The highest BCUT2D eigenvalue weighted by Crippen LogP contribution is 2.28. The van der Waals surface area contributed by atoms with E-state index in [-0.39, 0.29) is 5.91 Å². The van der Waals surface area contributed by atoms with Crippen molar-refractivity contribution in [3.63, 3.8) is 0 Å². The maximum absolute atomic E-state index is 12.3. The average molecular weight is 491 g/mol. The Morgan fingerprint density at radius 3 is 2.45 bits per heavy atom. The van der Waals surface area contributed by atoms with Crippen LogP contribution in [0, 0.1) is 0 Å². The van der Waals surface area contributed by atoms with Gasteiger partial charge in [-0.1, -0.05) is 70.5 Å². The van der Waals surface area contributed by atoms with Crippen LogP contribution in [-0.2, 0) is 4.79 Å². The lowest BCUT2D eigenvalue weighted by Gasteiger charge is -2.04. The number of aromatic nitrogens is 1. The fraction of sp³-hybridized carbons (Fsp3) is 0.0400. The van der Waals surface area contributed by atoms with Crippen molar-refractivity contribution < 1.29 is 9.53 Å². The number of hydrogen-bond acceptors (Lipinski definition) is 4. The molecule has 154 valence electrons. The molecule has 1 heterocycles. The zero-order chi connectivity index (χ0) is 21.6. The van der Waals surface area contributed by atoms with E-state index >= 15 is 0 Å². The molecular weight excluding hydrogens is 472 g/mol. The molecule has 6 heteroatoms. The van der Waals surface area contributed by atoms with E-state index in [0.717, 1.165) is 26.9 Å². The Hall–Kier alpha value is -3.22. The molecule has 4 rings (SSSR count). The van der Waals surface area contributed by atoms with E-state index in [2.05, 4.69) is 50.5 Å². The Bertz CT molecular complexity index is 1220. The highest BCUT2D eigenvalue weighted by atomic mass is 79.9. The number of amides is 1. The minimum Gasteiger partial charge on any atom is -0.496 e. The van der Waals surface area contributed by atoms with Gasteiger partial charge in [0.05, 0.1) is 12.8 Å². The van der Waals surface area contributed by atoms with Crippen LogP contribution in [0.4, 0.5) is 5.13 Å². The third-order valence-corrected chi connectivity index (χ3v) is 5.88. The van der Waals surface area contributed by atoms with E-state index in [0.29, 0.717) is 10.9 Å². The second-order valence-electron chi connectivity index (χ2n) is 6.69. The fourth-order valence-corrected chi connectivity index (χ4v) is 4.18. The molecule has 0 radical (unpaired) electrons. The number of carbonyl (C=O) groups excluding carboxylic acids is 1. The molecule has 4 nitrogen and oxygen atoms in total. The lowest BCUT2D eigenvalue weighted by molar-refractivity contribution is -0.111. The average Bonchev–Trinajstić information content (AvgIpc) is 3.27. The van der Waals surface area contributed by atoms with Gasteiger partial charge < -0.3 is 4.74 Å². The number of halogens is 1. The summed E-state index contributed by atoms with van der Waals surface area (Å²) in [5.74, 6) is 0.449. The molecular formula is C25H19BrN2O2S. The number of thiazole rings is 1. The van der Waals surface area contributed by atoms with E-state index < -0.39 is 0 Å². The Balaban J connectivity index is 1.43. The first-order valence-electron chi connectivity index (χ1n) is 9.56. The zero-order valence-electron chi connectivity index (χ0n) is 16.7. The van der Waals surface area contributed by atoms with Crippen LogP contribution in [0.2, 0.25) is 0 Å². The van der Waals surface area contributed by atoms with Gasteiger partial charge in [0.1, 0.15) is 5.75 Å². The summed E-state index contributed by atoms with van der Waals surface area (Å²) in [5, 5.41) is 5.31. The molecule has 0 aliphatic rings. The molecule has 4 aromatic rings. The van der Waals surface area contributed by atoms with E-state index in [9.17, 15) is 4.79 Å². The normalized spacial score (nSPS) is 10.9. The summed E-state index contributed by atoms with van der Waals surface area (Å²) in [7, 11) is 1.60. The molecule has 0 saturated heterocycles. The van der Waals surface area contributed by atoms with E-state index in [1.165, 1.54) is 23.0 Å². The monoisotopic (exact) mass is 490 g/mol. The number of benzene rings is 3. The van der Waals surface area contributed by atoms with Crippen LogP contribution in [-0.4, -0.2) is 18.0 Å². The summed E-state index contributed by atoms with van der Waals surface area (Å²) < 4.78 is 6.24. The minimum absolute atomic E-state index is 0.248. The standard InChI is InChI=1S/C25H19BrN2O2S/c1-30-23-13-12-21(26)15-20(23)11-14-24(29)28-25-27-22(16-31-25)19-9-7-18(8-10-19)17-5-3-2-4-6-17/h2-16H,1H3,(H,27,28,29)/b14-11+. The number of ether oxygens (including phenoxy) is 1. The molecule has 0 spiro atoms. The van der Waals surface area contributed by atoms with Gasteiger partial charge in [0.2, 0.25) is 5.91 Å². The third-order valence-electron chi connectivity index (χ3n) is 4.63. The van der Waals surface area contributed by atoms with Crippen molar-refractivity contribution in [1.29, 1.82) is 0 Å². The fourth-order valence-electron chi connectivity index (χ4n) is 3.08. The predicted octanol–water partition coefficient (Wildman–Crippen LogP) is 6.90. The van der Waals surface area contributed by atoms with E-state index in [4.69, 9.17) is 4.74 Å².